The molecule has 0 aliphatic carbocycles. The molecule has 11 heavy (non-hydrogen) atoms. The number of morpholine rings is 1. The summed E-state index contributed by atoms with van der Waals surface area (Å²) >= 11 is 0. The fraction of sp³-hybridized carbons (Fsp3) is 1.00. The average molecular weight is 157 g/mol. The number of nitrogens with one attached hydrogen (secondary N) is 1. The molecule has 2 aliphatic heterocycles. The van der Waals surface area contributed by atoms with Gasteiger partial charge in [0.25, 0.3) is 0 Å². The second-order valence-corrected chi connectivity index (χ2v) is 4.00. The SMILES string of the molecule is CC1(O)C[C@H]2COC[C@@H](C1)N2. The Balaban J connectivity index is 2.05. The summed E-state index contributed by atoms with van der Waals surface area (Å²) in [5.74, 6) is 0. The Hall–Kier alpha value is -0.120. The molecule has 2 fully saturated rings. The molecule has 0 amide bonds. The molecule has 2 saturated heterocycles. The molecule has 64 valence electrons. The van der Waals surface area contributed by atoms with Crippen LogP contribution in [0.1, 0.15) is 19.8 Å². The smallest absolute Gasteiger partial charge is 0.0651 e. The summed E-state index contributed by atoms with van der Waals surface area (Å²) in [4.78, 5) is 0. The van der Waals surface area contributed by atoms with Gasteiger partial charge in [-0.05, 0) is 19.8 Å². The zero-order valence-electron chi connectivity index (χ0n) is 6.84. The van der Waals surface area contributed by atoms with Crippen molar-refractivity contribution < 1.29 is 9.84 Å². The third-order valence-electron chi connectivity index (χ3n) is 2.48. The molecule has 0 spiro atoms. The van der Waals surface area contributed by atoms with Crippen LogP contribution in [0.4, 0.5) is 0 Å². The molecule has 3 nitrogen and oxygen atoms in total. The fourth-order valence-corrected chi connectivity index (χ4v) is 2.16. The quantitative estimate of drug-likeness (QED) is 0.515. The van der Waals surface area contributed by atoms with Gasteiger partial charge in [0.15, 0.2) is 0 Å². The van der Waals surface area contributed by atoms with Crippen LogP contribution in [0.2, 0.25) is 0 Å². The lowest BCUT2D eigenvalue weighted by atomic mass is 9.84. The first-order valence-corrected chi connectivity index (χ1v) is 4.22. The predicted octanol–water partition coefficient (Wildman–Crippen LogP) is -0.112. The van der Waals surface area contributed by atoms with E-state index >= 15 is 0 Å². The number of hydrogen-bond acceptors (Lipinski definition) is 3. The monoisotopic (exact) mass is 157 g/mol. The van der Waals surface area contributed by atoms with E-state index in [9.17, 15) is 5.11 Å². The van der Waals surface area contributed by atoms with Crippen LogP contribution in [0.15, 0.2) is 0 Å². The van der Waals surface area contributed by atoms with Crippen LogP contribution in [0.3, 0.4) is 0 Å². The van der Waals surface area contributed by atoms with Crippen LogP contribution in [0.5, 0.6) is 0 Å². The van der Waals surface area contributed by atoms with Gasteiger partial charge in [-0.25, -0.2) is 0 Å². The van der Waals surface area contributed by atoms with Gasteiger partial charge in [0.2, 0.25) is 0 Å². The van der Waals surface area contributed by atoms with E-state index in [1.807, 2.05) is 6.92 Å². The van der Waals surface area contributed by atoms with E-state index in [0.717, 1.165) is 26.1 Å². The van der Waals surface area contributed by atoms with Crippen molar-refractivity contribution in [3.05, 3.63) is 0 Å². The van der Waals surface area contributed by atoms with Gasteiger partial charge in [0.1, 0.15) is 0 Å². The Labute approximate surface area is 66.7 Å². The minimum absolute atomic E-state index is 0.373. The summed E-state index contributed by atoms with van der Waals surface area (Å²) in [5, 5.41) is 13.2. The lowest BCUT2D eigenvalue weighted by Gasteiger charge is -2.43. The standard InChI is InChI=1S/C8H15NO2/c1-8(10)2-6-4-11-5-7(3-8)9-6/h6-7,9-10H,2-5H2,1H3/t6-,7+,8?. The number of piperidine rings is 1. The van der Waals surface area contributed by atoms with Gasteiger partial charge in [-0.15, -0.1) is 0 Å². The molecule has 1 unspecified atom stereocenters. The van der Waals surface area contributed by atoms with Crippen molar-refractivity contribution in [1.29, 1.82) is 0 Å². The van der Waals surface area contributed by atoms with E-state index in [1.165, 1.54) is 0 Å². The van der Waals surface area contributed by atoms with E-state index in [0.29, 0.717) is 12.1 Å². The van der Waals surface area contributed by atoms with Gasteiger partial charge in [-0.3, -0.25) is 0 Å². The van der Waals surface area contributed by atoms with Crippen molar-refractivity contribution in [2.75, 3.05) is 13.2 Å². The van der Waals surface area contributed by atoms with Gasteiger partial charge in [0.05, 0.1) is 18.8 Å². The van der Waals surface area contributed by atoms with Crippen LogP contribution in [0, 0.1) is 0 Å². The highest BCUT2D eigenvalue weighted by Crippen LogP contribution is 2.26. The van der Waals surface area contributed by atoms with Crippen molar-refractivity contribution in [3.63, 3.8) is 0 Å². The largest absolute Gasteiger partial charge is 0.390 e. The highest BCUT2D eigenvalue weighted by atomic mass is 16.5. The Kier molecular flexibility index (Phi) is 1.67. The summed E-state index contributed by atoms with van der Waals surface area (Å²) in [6, 6.07) is 0.745. The van der Waals surface area contributed by atoms with E-state index in [1.54, 1.807) is 0 Å². The minimum atomic E-state index is -0.468. The normalized spacial score (nSPS) is 50.7. The molecule has 0 aromatic carbocycles. The average Bonchev–Trinajstić information content (AvgIpc) is 1.82. The number of hydrogen-bond donors (Lipinski definition) is 2. The number of ether oxygens (including phenoxy) is 1. The lowest BCUT2D eigenvalue weighted by molar-refractivity contribution is -0.0660. The summed E-state index contributed by atoms with van der Waals surface area (Å²) in [7, 11) is 0. The van der Waals surface area contributed by atoms with Gasteiger partial charge in [0, 0.05) is 12.1 Å². The first-order valence-electron chi connectivity index (χ1n) is 4.22. The van der Waals surface area contributed by atoms with Crippen molar-refractivity contribution in [1.82, 2.24) is 5.32 Å². The second-order valence-electron chi connectivity index (χ2n) is 4.00. The lowest BCUT2D eigenvalue weighted by Crippen LogP contribution is -2.58. The molecule has 2 bridgehead atoms. The zero-order chi connectivity index (χ0) is 7.90. The van der Waals surface area contributed by atoms with Gasteiger partial charge in [-0.1, -0.05) is 0 Å². The highest BCUT2D eigenvalue weighted by molar-refractivity contribution is 4.94. The summed E-state index contributed by atoms with van der Waals surface area (Å²) < 4.78 is 5.36. The van der Waals surface area contributed by atoms with Crippen LogP contribution in [-0.2, 0) is 4.74 Å². The second kappa shape index (κ2) is 2.44. The Morgan fingerprint density at radius 1 is 1.36 bits per heavy atom. The predicted molar refractivity (Wildman–Crippen MR) is 41.4 cm³/mol. The van der Waals surface area contributed by atoms with Crippen LogP contribution < -0.4 is 5.32 Å². The molecule has 0 saturated carbocycles. The van der Waals surface area contributed by atoms with Crippen molar-refractivity contribution >= 4 is 0 Å². The summed E-state index contributed by atoms with van der Waals surface area (Å²) in [6.45, 7) is 3.43. The van der Waals surface area contributed by atoms with Gasteiger partial charge >= 0.3 is 0 Å². The van der Waals surface area contributed by atoms with Crippen molar-refractivity contribution in [3.8, 4) is 0 Å². The van der Waals surface area contributed by atoms with Crippen LogP contribution >= 0.6 is 0 Å². The minimum Gasteiger partial charge on any atom is -0.390 e. The zero-order valence-corrected chi connectivity index (χ0v) is 6.84. The molecular formula is C8H15NO2. The molecule has 0 radical (unpaired) electrons. The molecule has 3 atom stereocenters. The summed E-state index contributed by atoms with van der Waals surface area (Å²) in [6.07, 6.45) is 1.65. The van der Waals surface area contributed by atoms with E-state index in [4.69, 9.17) is 4.74 Å². The van der Waals surface area contributed by atoms with E-state index in [2.05, 4.69) is 5.32 Å². The topological polar surface area (TPSA) is 41.5 Å². The molecule has 0 aromatic heterocycles. The van der Waals surface area contributed by atoms with Gasteiger partial charge < -0.3 is 15.2 Å². The third kappa shape index (κ3) is 1.55. The first kappa shape index (κ1) is 7.53. The summed E-state index contributed by atoms with van der Waals surface area (Å²) in [5.41, 5.74) is -0.468. The van der Waals surface area contributed by atoms with Crippen molar-refractivity contribution in [2.45, 2.75) is 37.5 Å². The molecule has 2 rings (SSSR count). The molecule has 0 aromatic rings. The maximum absolute atomic E-state index is 9.78. The molecule has 2 N–H and O–H groups in total. The molecule has 2 heterocycles. The first-order chi connectivity index (χ1) is 5.16. The van der Waals surface area contributed by atoms with Crippen LogP contribution in [0.25, 0.3) is 0 Å². The van der Waals surface area contributed by atoms with Gasteiger partial charge in [-0.2, -0.15) is 0 Å². The van der Waals surface area contributed by atoms with Crippen molar-refractivity contribution in [2.24, 2.45) is 0 Å². The number of fused-ring (bicyclic) bond motifs is 2. The van der Waals surface area contributed by atoms with E-state index in [-0.39, 0.29) is 0 Å². The highest BCUT2D eigenvalue weighted by Gasteiger charge is 2.37. The molecular weight excluding hydrogens is 142 g/mol. The third-order valence-corrected chi connectivity index (χ3v) is 2.48. The van der Waals surface area contributed by atoms with E-state index < -0.39 is 5.60 Å². The maximum Gasteiger partial charge on any atom is 0.0651 e. The number of aliphatic hydroxyl groups is 1. The number of rotatable bonds is 0. The molecule has 2 aliphatic rings. The molecule has 3 heteroatoms. The van der Waals surface area contributed by atoms with Crippen LogP contribution in [-0.4, -0.2) is 36.0 Å². The maximum atomic E-state index is 9.78. The fourth-order valence-electron chi connectivity index (χ4n) is 2.16. The Morgan fingerprint density at radius 2 is 1.91 bits per heavy atom. The Morgan fingerprint density at radius 3 is 2.45 bits per heavy atom. The Bertz CT molecular complexity index is 144.